The van der Waals surface area contributed by atoms with E-state index in [1.807, 2.05) is 44.9 Å². The SMILES string of the molecule is CCC(NN[C@@H](CSSCC(N)C(=O)O)C(=O)O)(N(C)C)N(C)C. The number of hydrazine groups is 1. The van der Waals surface area contributed by atoms with Crippen LogP contribution in [-0.2, 0) is 9.59 Å². The van der Waals surface area contributed by atoms with Gasteiger partial charge in [0.25, 0.3) is 0 Å². The maximum atomic E-state index is 11.4. The maximum absolute atomic E-state index is 11.4. The summed E-state index contributed by atoms with van der Waals surface area (Å²) in [5.41, 5.74) is 11.4. The van der Waals surface area contributed by atoms with Gasteiger partial charge in [-0.1, -0.05) is 28.5 Å². The molecule has 0 aliphatic rings. The molecular formula is C13H29N5O4S2. The number of hydrogen-bond acceptors (Lipinski definition) is 9. The first-order valence-corrected chi connectivity index (χ1v) is 9.90. The van der Waals surface area contributed by atoms with Crippen LogP contribution in [0.2, 0.25) is 0 Å². The van der Waals surface area contributed by atoms with E-state index in [1.165, 1.54) is 21.6 Å². The van der Waals surface area contributed by atoms with E-state index in [4.69, 9.17) is 10.8 Å². The molecule has 6 N–H and O–H groups in total. The van der Waals surface area contributed by atoms with Crippen molar-refractivity contribution < 1.29 is 19.8 Å². The molecule has 142 valence electrons. The molecule has 0 aromatic heterocycles. The average Bonchev–Trinajstić information content (AvgIpc) is 2.48. The van der Waals surface area contributed by atoms with Crippen LogP contribution in [0, 0.1) is 0 Å². The highest BCUT2D eigenvalue weighted by molar-refractivity contribution is 8.76. The Morgan fingerprint density at radius 2 is 1.58 bits per heavy atom. The number of hydrogen-bond donors (Lipinski definition) is 5. The summed E-state index contributed by atoms with van der Waals surface area (Å²) in [7, 11) is 10.2. The molecule has 2 atom stereocenters. The Labute approximate surface area is 151 Å². The molecule has 0 radical (unpaired) electrons. The van der Waals surface area contributed by atoms with Crippen LogP contribution in [0.4, 0.5) is 0 Å². The molecule has 0 fully saturated rings. The van der Waals surface area contributed by atoms with Gasteiger partial charge in [0.15, 0.2) is 0 Å². The third kappa shape index (κ3) is 7.13. The van der Waals surface area contributed by atoms with Crippen LogP contribution >= 0.6 is 21.6 Å². The Morgan fingerprint density at radius 1 is 1.08 bits per heavy atom. The van der Waals surface area contributed by atoms with Gasteiger partial charge in [0.1, 0.15) is 17.9 Å². The number of nitrogens with zero attached hydrogens (tertiary/aromatic N) is 2. The molecule has 9 nitrogen and oxygen atoms in total. The lowest BCUT2D eigenvalue weighted by atomic mass is 10.2. The van der Waals surface area contributed by atoms with Gasteiger partial charge < -0.3 is 15.9 Å². The number of carboxylic acid groups (broad SMARTS) is 2. The van der Waals surface area contributed by atoms with E-state index in [0.717, 1.165) is 6.42 Å². The monoisotopic (exact) mass is 383 g/mol. The Morgan fingerprint density at radius 3 is 1.96 bits per heavy atom. The number of aliphatic carboxylic acids is 2. The summed E-state index contributed by atoms with van der Waals surface area (Å²) >= 11 is 0. The van der Waals surface area contributed by atoms with Crippen LogP contribution < -0.4 is 16.6 Å². The summed E-state index contributed by atoms with van der Waals surface area (Å²) in [4.78, 5) is 26.0. The third-order valence-electron chi connectivity index (χ3n) is 3.60. The lowest BCUT2D eigenvalue weighted by Crippen LogP contribution is -2.69. The van der Waals surface area contributed by atoms with Crippen molar-refractivity contribution in [3.63, 3.8) is 0 Å². The summed E-state index contributed by atoms with van der Waals surface area (Å²) in [6.07, 6.45) is 0.724. The highest BCUT2D eigenvalue weighted by Gasteiger charge is 2.34. The second kappa shape index (κ2) is 11.1. The molecule has 24 heavy (non-hydrogen) atoms. The molecule has 0 aromatic carbocycles. The van der Waals surface area contributed by atoms with Crippen LogP contribution in [0.15, 0.2) is 0 Å². The van der Waals surface area contributed by atoms with Gasteiger partial charge in [0, 0.05) is 11.5 Å². The molecule has 0 saturated heterocycles. The molecule has 0 aliphatic heterocycles. The number of carbonyl (C=O) groups is 2. The van der Waals surface area contributed by atoms with Gasteiger partial charge in [-0.05, 0) is 34.6 Å². The zero-order valence-corrected chi connectivity index (χ0v) is 16.4. The minimum Gasteiger partial charge on any atom is -0.480 e. The molecule has 0 spiro atoms. The summed E-state index contributed by atoms with van der Waals surface area (Å²) in [5, 5.41) is 18.1. The standard InChI is InChI=1S/C13H29N5O4S2/c1-6-13(17(2)3,18(4)5)16-15-10(12(21)22)8-24-23-7-9(14)11(19)20/h9-10,15-16H,6-8,14H2,1-5H3,(H,19,20)(H,21,22)/t9?,10-/m0/s1. The lowest BCUT2D eigenvalue weighted by molar-refractivity contribution is -0.140. The number of carboxylic acids is 2. The van der Waals surface area contributed by atoms with Crippen molar-refractivity contribution in [2.24, 2.45) is 5.73 Å². The Hall–Kier alpha value is -0.560. The quantitative estimate of drug-likeness (QED) is 0.122. The summed E-state index contributed by atoms with van der Waals surface area (Å²) in [5.74, 6) is -2.10. The number of nitrogens with two attached hydrogens (primary N) is 1. The molecular weight excluding hydrogens is 354 g/mol. The molecule has 0 aliphatic carbocycles. The van der Waals surface area contributed by atoms with Gasteiger partial charge in [-0.3, -0.25) is 19.4 Å². The van der Waals surface area contributed by atoms with E-state index in [9.17, 15) is 14.7 Å². The van der Waals surface area contributed by atoms with Gasteiger partial charge in [-0.2, -0.15) is 0 Å². The minimum absolute atomic E-state index is 0.216. The first kappa shape index (κ1) is 23.4. The van der Waals surface area contributed by atoms with Crippen LogP contribution in [0.1, 0.15) is 13.3 Å². The molecule has 0 bridgehead atoms. The fourth-order valence-corrected chi connectivity index (χ4v) is 4.30. The fraction of sp³-hybridized carbons (Fsp3) is 0.846. The van der Waals surface area contributed by atoms with Crippen molar-refractivity contribution in [3.05, 3.63) is 0 Å². The molecule has 0 heterocycles. The fourth-order valence-electron chi connectivity index (χ4n) is 2.03. The van der Waals surface area contributed by atoms with Crippen LogP contribution in [-0.4, -0.2) is 89.5 Å². The minimum atomic E-state index is -1.07. The van der Waals surface area contributed by atoms with E-state index in [2.05, 4.69) is 10.9 Å². The Bertz CT molecular complexity index is 404. The normalized spacial score (nSPS) is 14.8. The lowest BCUT2D eigenvalue weighted by Gasteiger charge is -2.45. The zero-order chi connectivity index (χ0) is 18.9. The summed E-state index contributed by atoms with van der Waals surface area (Å²) in [6.45, 7) is 2.00. The van der Waals surface area contributed by atoms with Crippen LogP contribution in [0.25, 0.3) is 0 Å². The van der Waals surface area contributed by atoms with Crippen molar-refractivity contribution >= 4 is 33.5 Å². The van der Waals surface area contributed by atoms with Gasteiger partial charge in [0.05, 0.1) is 0 Å². The highest BCUT2D eigenvalue weighted by Crippen LogP contribution is 2.23. The second-order valence-corrected chi connectivity index (χ2v) is 8.19. The van der Waals surface area contributed by atoms with Gasteiger partial charge in [-0.15, -0.1) is 0 Å². The topological polar surface area (TPSA) is 131 Å². The second-order valence-electron chi connectivity index (χ2n) is 5.63. The largest absolute Gasteiger partial charge is 0.480 e. The van der Waals surface area contributed by atoms with Crippen molar-refractivity contribution in [1.29, 1.82) is 0 Å². The smallest absolute Gasteiger partial charge is 0.322 e. The van der Waals surface area contributed by atoms with Crippen LogP contribution in [0.5, 0.6) is 0 Å². The average molecular weight is 384 g/mol. The maximum Gasteiger partial charge on any atom is 0.322 e. The van der Waals surface area contributed by atoms with E-state index in [-0.39, 0.29) is 11.5 Å². The predicted molar refractivity (Wildman–Crippen MR) is 98.6 cm³/mol. The number of nitrogens with one attached hydrogen (secondary N) is 2. The highest BCUT2D eigenvalue weighted by atomic mass is 33.1. The Kier molecular flexibility index (Phi) is 10.9. The summed E-state index contributed by atoms with van der Waals surface area (Å²) in [6, 6.07) is -1.78. The molecule has 0 aromatic rings. The third-order valence-corrected chi connectivity index (χ3v) is 6.05. The van der Waals surface area contributed by atoms with Gasteiger partial charge in [0.2, 0.25) is 0 Å². The molecule has 0 rings (SSSR count). The van der Waals surface area contributed by atoms with Crippen LogP contribution in [0.3, 0.4) is 0 Å². The van der Waals surface area contributed by atoms with Crippen molar-refractivity contribution in [2.75, 3.05) is 39.7 Å². The first-order chi connectivity index (χ1) is 11.1. The van der Waals surface area contributed by atoms with Gasteiger partial charge in [-0.25, -0.2) is 10.9 Å². The predicted octanol–water partition coefficient (Wildman–Crippen LogP) is -0.486. The zero-order valence-electron chi connectivity index (χ0n) is 14.8. The molecule has 1 unspecified atom stereocenters. The van der Waals surface area contributed by atoms with Crippen molar-refractivity contribution in [3.8, 4) is 0 Å². The van der Waals surface area contributed by atoms with Crippen molar-refractivity contribution in [2.45, 2.75) is 31.2 Å². The Balaban J connectivity index is 4.58. The summed E-state index contributed by atoms with van der Waals surface area (Å²) < 4.78 is 0. The first-order valence-electron chi connectivity index (χ1n) is 7.41. The molecule has 11 heteroatoms. The van der Waals surface area contributed by atoms with E-state index >= 15 is 0 Å². The van der Waals surface area contributed by atoms with Gasteiger partial charge >= 0.3 is 11.9 Å². The number of rotatable bonds is 13. The van der Waals surface area contributed by atoms with E-state index < -0.39 is 29.8 Å². The van der Waals surface area contributed by atoms with E-state index in [0.29, 0.717) is 0 Å². The molecule has 0 amide bonds. The van der Waals surface area contributed by atoms with Crippen molar-refractivity contribution in [1.82, 2.24) is 20.7 Å². The van der Waals surface area contributed by atoms with E-state index in [1.54, 1.807) is 0 Å². The molecule has 0 saturated carbocycles.